The molecule has 0 bridgehead atoms. The van der Waals surface area contributed by atoms with Crippen LogP contribution in [0.2, 0.25) is 10.0 Å². The molecule has 2 rings (SSSR count). The first kappa shape index (κ1) is 17.8. The van der Waals surface area contributed by atoms with Gasteiger partial charge in [-0.15, -0.1) is 0 Å². The van der Waals surface area contributed by atoms with Crippen LogP contribution in [0.4, 0.5) is 5.69 Å². The van der Waals surface area contributed by atoms with E-state index in [0.29, 0.717) is 15.6 Å². The summed E-state index contributed by atoms with van der Waals surface area (Å²) < 4.78 is 0. The minimum absolute atomic E-state index is 0.0436. The van der Waals surface area contributed by atoms with Gasteiger partial charge in [-0.05, 0) is 29.8 Å². The molecule has 124 valence electrons. The third-order valence-electron chi connectivity index (χ3n) is 3.10. The van der Waals surface area contributed by atoms with Gasteiger partial charge in [0.2, 0.25) is 5.91 Å². The van der Waals surface area contributed by atoms with Crippen LogP contribution in [-0.2, 0) is 11.3 Å². The number of carbonyl (C=O) groups is 1. The van der Waals surface area contributed by atoms with Crippen molar-refractivity contribution in [1.82, 2.24) is 5.32 Å². The lowest BCUT2D eigenvalue weighted by Gasteiger charge is -2.05. The lowest BCUT2D eigenvalue weighted by Crippen LogP contribution is -2.20. The van der Waals surface area contributed by atoms with Crippen molar-refractivity contribution >= 4 is 40.9 Å². The molecule has 0 aliphatic heterocycles. The van der Waals surface area contributed by atoms with Crippen molar-refractivity contribution in [2.75, 3.05) is 0 Å². The zero-order valence-electron chi connectivity index (χ0n) is 12.2. The van der Waals surface area contributed by atoms with Crippen LogP contribution in [0.15, 0.2) is 42.5 Å². The van der Waals surface area contributed by atoms with E-state index in [4.69, 9.17) is 23.2 Å². The molecule has 0 radical (unpaired) electrons. The Morgan fingerprint density at radius 3 is 2.62 bits per heavy atom. The van der Waals surface area contributed by atoms with E-state index in [1.54, 1.807) is 24.3 Å². The summed E-state index contributed by atoms with van der Waals surface area (Å²) >= 11 is 11.7. The van der Waals surface area contributed by atoms with Crippen molar-refractivity contribution in [3.05, 3.63) is 73.8 Å². The molecule has 0 saturated carbocycles. The van der Waals surface area contributed by atoms with Gasteiger partial charge in [-0.1, -0.05) is 29.3 Å². The zero-order valence-corrected chi connectivity index (χ0v) is 13.7. The Kier molecular flexibility index (Phi) is 5.78. The minimum atomic E-state index is -0.574. The molecule has 0 fully saturated rings. The Morgan fingerprint density at radius 1 is 1.21 bits per heavy atom. The highest BCUT2D eigenvalue weighted by Crippen LogP contribution is 2.24. The second kappa shape index (κ2) is 7.81. The number of nitrogens with zero attached hydrogens (tertiary/aromatic N) is 1. The fourth-order valence-electron chi connectivity index (χ4n) is 1.86. The van der Waals surface area contributed by atoms with E-state index < -0.39 is 10.8 Å². The average molecular weight is 367 g/mol. The number of amides is 1. The number of nitro benzene ring substituents is 1. The normalized spacial score (nSPS) is 10.8. The van der Waals surface area contributed by atoms with Gasteiger partial charge in [-0.2, -0.15) is 0 Å². The number of halogens is 2. The molecule has 0 aromatic heterocycles. The highest BCUT2D eigenvalue weighted by atomic mass is 35.5. The van der Waals surface area contributed by atoms with Crippen LogP contribution in [0.5, 0.6) is 5.75 Å². The van der Waals surface area contributed by atoms with Crippen molar-refractivity contribution in [2.45, 2.75) is 6.54 Å². The summed E-state index contributed by atoms with van der Waals surface area (Å²) in [4.78, 5) is 21.9. The third kappa shape index (κ3) is 4.71. The van der Waals surface area contributed by atoms with Crippen molar-refractivity contribution in [2.24, 2.45) is 0 Å². The first-order chi connectivity index (χ1) is 11.4. The van der Waals surface area contributed by atoms with Gasteiger partial charge < -0.3 is 10.4 Å². The molecule has 0 unspecified atom stereocenters. The van der Waals surface area contributed by atoms with Crippen molar-refractivity contribution in [3.8, 4) is 5.75 Å². The molecule has 2 N–H and O–H groups in total. The maximum Gasteiger partial charge on any atom is 0.270 e. The summed E-state index contributed by atoms with van der Waals surface area (Å²) in [6.07, 6.45) is 2.83. The molecule has 24 heavy (non-hydrogen) atoms. The summed E-state index contributed by atoms with van der Waals surface area (Å²) in [7, 11) is 0. The third-order valence-corrected chi connectivity index (χ3v) is 3.84. The van der Waals surface area contributed by atoms with E-state index >= 15 is 0 Å². The Labute approximate surface area is 147 Å². The van der Waals surface area contributed by atoms with Crippen LogP contribution in [0, 0.1) is 10.1 Å². The van der Waals surface area contributed by atoms with Crippen molar-refractivity contribution < 1.29 is 14.8 Å². The van der Waals surface area contributed by atoms with Gasteiger partial charge >= 0.3 is 0 Å². The first-order valence-electron chi connectivity index (χ1n) is 6.74. The number of hydrogen-bond donors (Lipinski definition) is 2. The number of nitro groups is 1. The second-order valence-corrected chi connectivity index (χ2v) is 5.61. The number of non-ortho nitro benzene ring substituents is 1. The van der Waals surface area contributed by atoms with E-state index in [1.807, 2.05) is 0 Å². The Hall–Kier alpha value is -2.57. The molecular formula is C16H12Cl2N2O4. The molecule has 2 aromatic carbocycles. The van der Waals surface area contributed by atoms with Gasteiger partial charge in [0.25, 0.3) is 5.69 Å². The lowest BCUT2D eigenvalue weighted by molar-refractivity contribution is -0.384. The van der Waals surface area contributed by atoms with Gasteiger partial charge in [0, 0.05) is 30.3 Å². The minimum Gasteiger partial charge on any atom is -0.508 e. The van der Waals surface area contributed by atoms with Crippen LogP contribution in [0.1, 0.15) is 11.1 Å². The number of aromatic hydroxyl groups is 1. The van der Waals surface area contributed by atoms with Crippen LogP contribution in [-0.4, -0.2) is 15.9 Å². The van der Waals surface area contributed by atoms with Crippen LogP contribution < -0.4 is 5.32 Å². The SMILES string of the molecule is O=C(/C=C/c1ccc(Cl)c(Cl)c1)NCc1cc([N+](=O)[O-])ccc1O. The topological polar surface area (TPSA) is 92.5 Å². The average Bonchev–Trinajstić information content (AvgIpc) is 2.55. The monoisotopic (exact) mass is 366 g/mol. The molecule has 0 aliphatic rings. The molecule has 0 aliphatic carbocycles. The van der Waals surface area contributed by atoms with Gasteiger partial charge in [0.1, 0.15) is 5.75 Å². The largest absolute Gasteiger partial charge is 0.508 e. The van der Waals surface area contributed by atoms with Gasteiger partial charge in [-0.25, -0.2) is 0 Å². The van der Waals surface area contributed by atoms with E-state index in [9.17, 15) is 20.0 Å². The zero-order chi connectivity index (χ0) is 17.7. The van der Waals surface area contributed by atoms with Crippen LogP contribution in [0.25, 0.3) is 6.08 Å². The second-order valence-electron chi connectivity index (χ2n) is 4.79. The predicted octanol–water partition coefficient (Wildman–Crippen LogP) is 3.94. The molecular weight excluding hydrogens is 355 g/mol. The number of benzene rings is 2. The lowest BCUT2D eigenvalue weighted by atomic mass is 10.1. The Balaban J connectivity index is 2.00. The molecule has 0 heterocycles. The predicted molar refractivity (Wildman–Crippen MR) is 92.1 cm³/mol. The Bertz CT molecular complexity index is 822. The molecule has 6 nitrogen and oxygen atoms in total. The van der Waals surface area contributed by atoms with Crippen molar-refractivity contribution in [3.63, 3.8) is 0 Å². The van der Waals surface area contributed by atoms with Crippen LogP contribution in [0.3, 0.4) is 0 Å². The van der Waals surface area contributed by atoms with E-state index in [2.05, 4.69) is 5.32 Å². The molecule has 0 spiro atoms. The molecule has 0 saturated heterocycles. The quantitative estimate of drug-likeness (QED) is 0.476. The Morgan fingerprint density at radius 2 is 1.96 bits per heavy atom. The molecule has 2 aromatic rings. The van der Waals surface area contributed by atoms with Gasteiger partial charge in [0.15, 0.2) is 0 Å². The first-order valence-corrected chi connectivity index (χ1v) is 7.49. The number of phenolic OH excluding ortho intramolecular Hbond substituents is 1. The van der Waals surface area contributed by atoms with Crippen LogP contribution >= 0.6 is 23.2 Å². The number of hydrogen-bond acceptors (Lipinski definition) is 4. The molecule has 8 heteroatoms. The summed E-state index contributed by atoms with van der Waals surface area (Å²) in [6.45, 7) is -0.0436. The molecule has 0 atom stereocenters. The highest BCUT2D eigenvalue weighted by Gasteiger charge is 2.10. The maximum atomic E-state index is 11.8. The van der Waals surface area contributed by atoms with E-state index in [0.717, 1.165) is 0 Å². The summed E-state index contributed by atoms with van der Waals surface area (Å²) in [5, 5.41) is 23.7. The van der Waals surface area contributed by atoms with Gasteiger partial charge in [0.05, 0.1) is 15.0 Å². The fraction of sp³-hybridized carbons (Fsp3) is 0.0625. The highest BCUT2D eigenvalue weighted by molar-refractivity contribution is 6.42. The molecule has 1 amide bonds. The fourth-order valence-corrected chi connectivity index (χ4v) is 2.16. The maximum absolute atomic E-state index is 11.8. The van der Waals surface area contributed by atoms with E-state index in [-0.39, 0.29) is 23.5 Å². The number of phenols is 1. The van der Waals surface area contributed by atoms with E-state index in [1.165, 1.54) is 24.3 Å². The number of carbonyl (C=O) groups excluding carboxylic acids is 1. The van der Waals surface area contributed by atoms with Crippen molar-refractivity contribution in [1.29, 1.82) is 0 Å². The summed E-state index contributed by atoms with van der Waals surface area (Å²) in [5.41, 5.74) is 0.779. The summed E-state index contributed by atoms with van der Waals surface area (Å²) in [5.74, 6) is -0.554. The van der Waals surface area contributed by atoms with Gasteiger partial charge in [-0.3, -0.25) is 14.9 Å². The number of rotatable bonds is 5. The number of nitrogens with one attached hydrogen (secondary N) is 1. The summed E-state index contributed by atoms with van der Waals surface area (Å²) in [6, 6.07) is 8.53. The standard InChI is InChI=1S/C16H12Cl2N2O4/c17-13-4-1-10(7-14(13)18)2-6-16(22)19-9-11-8-12(20(23)24)3-5-15(11)21/h1-8,21H,9H2,(H,19,22)/b6-2+. The smallest absolute Gasteiger partial charge is 0.270 e.